The summed E-state index contributed by atoms with van der Waals surface area (Å²) in [6.45, 7) is 12.2. The molecule has 162 valence electrons. The van der Waals surface area contributed by atoms with Crippen LogP contribution in [-0.4, -0.2) is 77.5 Å². The minimum Gasteiger partial charge on any atom is -0.390 e. The third-order valence-corrected chi connectivity index (χ3v) is 5.72. The van der Waals surface area contributed by atoms with E-state index in [4.69, 9.17) is 23.2 Å². The van der Waals surface area contributed by atoms with Crippen molar-refractivity contribution in [3.05, 3.63) is 70.4 Å². The number of rotatable bonds is 9. The number of nitrogens with zero attached hydrogens (tertiary/aromatic N) is 3. The maximum atomic E-state index is 12.6. The average Bonchev–Trinajstić information content (AvgIpc) is 2.73. The van der Waals surface area contributed by atoms with Crippen LogP contribution in [0, 0.1) is 6.92 Å². The molecular weight excluding hydrogens is 425 g/mol. The highest BCUT2D eigenvalue weighted by atomic mass is 35.5. The van der Waals surface area contributed by atoms with Gasteiger partial charge in [0.1, 0.15) is 0 Å². The highest BCUT2D eigenvalue weighted by Crippen LogP contribution is 2.25. The van der Waals surface area contributed by atoms with E-state index in [0.717, 1.165) is 16.2 Å². The van der Waals surface area contributed by atoms with Gasteiger partial charge in [0.05, 0.1) is 28.4 Å². The molecule has 1 atom stereocenters. The fraction of sp³-hybridized carbons (Fsp3) is 0.364. The molecule has 8 heteroatoms. The van der Waals surface area contributed by atoms with Gasteiger partial charge in [-0.25, -0.2) is 0 Å². The molecule has 0 spiro atoms. The van der Waals surface area contributed by atoms with Crippen molar-refractivity contribution in [2.75, 3.05) is 39.3 Å². The molecule has 1 aliphatic heterocycles. The Hall–Kier alpha value is -2.12. The normalized spacial score (nSPS) is 16.5. The van der Waals surface area contributed by atoms with Crippen molar-refractivity contribution in [1.82, 2.24) is 14.7 Å². The Kier molecular flexibility index (Phi) is 9.11. The van der Waals surface area contributed by atoms with E-state index >= 15 is 0 Å². The Morgan fingerprint density at radius 2 is 1.90 bits per heavy atom. The quantitative estimate of drug-likeness (QED) is 0.461. The van der Waals surface area contributed by atoms with Crippen molar-refractivity contribution in [3.8, 4) is 0 Å². The number of benzene rings is 1. The summed E-state index contributed by atoms with van der Waals surface area (Å²) in [7, 11) is 0. The molecule has 2 amide bonds. The molecule has 1 aromatic carbocycles. The maximum absolute atomic E-state index is 12.6. The van der Waals surface area contributed by atoms with E-state index in [-0.39, 0.29) is 11.6 Å². The molecule has 1 unspecified atom stereocenters. The molecule has 0 saturated carbocycles. The van der Waals surface area contributed by atoms with Gasteiger partial charge < -0.3 is 10.0 Å². The molecule has 0 radical (unpaired) electrons. The zero-order valence-corrected chi connectivity index (χ0v) is 18.6. The summed E-state index contributed by atoms with van der Waals surface area (Å²) in [4.78, 5) is 29.2. The van der Waals surface area contributed by atoms with Crippen LogP contribution in [0.4, 0.5) is 0 Å². The first kappa shape index (κ1) is 24.2. The molecule has 30 heavy (non-hydrogen) atoms. The number of carbonyl (C=O) groups excluding carboxylic acids is 2. The molecule has 2 rings (SSSR count). The average molecular weight is 452 g/mol. The first-order valence-corrected chi connectivity index (χ1v) is 10.4. The fourth-order valence-corrected chi connectivity index (χ4v) is 3.69. The molecule has 1 aromatic rings. The summed E-state index contributed by atoms with van der Waals surface area (Å²) in [5.41, 5.74) is 1.96. The van der Waals surface area contributed by atoms with Gasteiger partial charge in [-0.15, -0.1) is 0 Å². The summed E-state index contributed by atoms with van der Waals surface area (Å²) in [5, 5.41) is 11.1. The minimum absolute atomic E-state index is 0.0629. The van der Waals surface area contributed by atoms with Crippen LogP contribution in [0.25, 0.3) is 0 Å². The lowest BCUT2D eigenvalue weighted by Crippen LogP contribution is -2.50. The number of allylic oxidation sites excluding steroid dienone is 3. The summed E-state index contributed by atoms with van der Waals surface area (Å²) in [5.74, 6) is -0.413. The molecule has 6 nitrogen and oxygen atoms in total. The van der Waals surface area contributed by atoms with E-state index in [9.17, 15) is 14.7 Å². The Bertz CT molecular complexity index is 833. The molecule has 1 aliphatic rings. The number of hydrogen-bond donors (Lipinski definition) is 1. The second kappa shape index (κ2) is 11.3. The second-order valence-corrected chi connectivity index (χ2v) is 7.96. The van der Waals surface area contributed by atoms with Crippen molar-refractivity contribution in [3.63, 3.8) is 0 Å². The Morgan fingerprint density at radius 3 is 2.43 bits per heavy atom. The minimum atomic E-state index is -0.852. The molecule has 1 saturated heterocycles. The first-order valence-electron chi connectivity index (χ1n) is 9.62. The monoisotopic (exact) mass is 451 g/mol. The van der Waals surface area contributed by atoms with Crippen LogP contribution >= 0.6 is 23.2 Å². The molecule has 0 bridgehead atoms. The lowest BCUT2D eigenvalue weighted by Gasteiger charge is -2.38. The summed E-state index contributed by atoms with van der Waals surface area (Å²) < 4.78 is 0. The molecule has 0 aliphatic carbocycles. The largest absolute Gasteiger partial charge is 0.390 e. The highest BCUT2D eigenvalue weighted by Gasteiger charge is 2.24. The van der Waals surface area contributed by atoms with Crippen molar-refractivity contribution in [1.29, 1.82) is 0 Å². The number of halogens is 2. The van der Waals surface area contributed by atoms with Gasteiger partial charge in [-0.05, 0) is 24.6 Å². The van der Waals surface area contributed by atoms with Gasteiger partial charge in [-0.2, -0.15) is 0 Å². The predicted molar refractivity (Wildman–Crippen MR) is 120 cm³/mol. The van der Waals surface area contributed by atoms with E-state index in [1.54, 1.807) is 18.2 Å². The summed E-state index contributed by atoms with van der Waals surface area (Å²) >= 11 is 12.1. The molecular formula is C22H27Cl2N3O3. The van der Waals surface area contributed by atoms with Gasteiger partial charge in [-0.3, -0.25) is 19.4 Å². The number of aliphatic hydroxyl groups excluding tert-OH is 1. The fourth-order valence-electron chi connectivity index (χ4n) is 3.39. The van der Waals surface area contributed by atoms with Crippen LogP contribution in [0.1, 0.15) is 15.9 Å². The number of amides is 2. The van der Waals surface area contributed by atoms with Crippen LogP contribution in [0.5, 0.6) is 0 Å². The van der Waals surface area contributed by atoms with E-state index in [0.29, 0.717) is 49.7 Å². The van der Waals surface area contributed by atoms with Crippen LogP contribution in [0.15, 0.2) is 59.3 Å². The Balaban J connectivity index is 1.92. The van der Waals surface area contributed by atoms with E-state index in [2.05, 4.69) is 23.0 Å². The van der Waals surface area contributed by atoms with Gasteiger partial charge in [-0.1, -0.05) is 54.6 Å². The van der Waals surface area contributed by atoms with Gasteiger partial charge in [0.2, 0.25) is 6.41 Å². The molecule has 0 aromatic heterocycles. The zero-order chi connectivity index (χ0) is 22.3. The Labute approximate surface area is 187 Å². The lowest BCUT2D eigenvalue weighted by molar-refractivity contribution is -0.117. The molecule has 1 fully saturated rings. The third-order valence-electron chi connectivity index (χ3n) is 5.01. The van der Waals surface area contributed by atoms with E-state index in [1.165, 1.54) is 0 Å². The Morgan fingerprint density at radius 1 is 1.27 bits per heavy atom. The standard InChI is InChI=1S/C22H27Cl2N3O3/c1-4-20(21(24)17(3)23)26-11-9-25(10-12-26)13-18(29)14-27(15-28)22(30)19-8-6-5-7-16(19)2/h4-8,15,18,29H,1,3,9-14H2,2H3/b21-20-. The maximum Gasteiger partial charge on any atom is 0.260 e. The van der Waals surface area contributed by atoms with Crippen LogP contribution in [0.2, 0.25) is 0 Å². The van der Waals surface area contributed by atoms with E-state index in [1.807, 2.05) is 19.1 Å². The molecule has 1 heterocycles. The van der Waals surface area contributed by atoms with Crippen LogP contribution in [-0.2, 0) is 4.79 Å². The number of aryl methyl sites for hydroxylation is 1. The zero-order valence-electron chi connectivity index (χ0n) is 17.1. The van der Waals surface area contributed by atoms with Crippen LogP contribution in [0.3, 0.4) is 0 Å². The van der Waals surface area contributed by atoms with Gasteiger partial charge >= 0.3 is 0 Å². The number of piperazine rings is 1. The molecule has 1 N–H and O–H groups in total. The lowest BCUT2D eigenvalue weighted by atomic mass is 10.1. The number of carbonyl (C=O) groups is 2. The van der Waals surface area contributed by atoms with Crippen molar-refractivity contribution >= 4 is 35.5 Å². The van der Waals surface area contributed by atoms with Gasteiger partial charge in [0.15, 0.2) is 0 Å². The first-order chi connectivity index (χ1) is 14.3. The third kappa shape index (κ3) is 6.19. The predicted octanol–water partition coefficient (Wildman–Crippen LogP) is 2.96. The smallest absolute Gasteiger partial charge is 0.260 e. The highest BCUT2D eigenvalue weighted by molar-refractivity contribution is 6.44. The number of aliphatic hydroxyl groups is 1. The topological polar surface area (TPSA) is 64.1 Å². The summed E-state index contributed by atoms with van der Waals surface area (Å²) in [6, 6.07) is 7.06. The van der Waals surface area contributed by atoms with E-state index < -0.39 is 12.0 Å². The SMILES string of the molecule is C=C/C(=C(/Cl)C(=C)Cl)N1CCN(CC(O)CN(C=O)C(=O)c2ccccc2C)CC1. The number of imide groups is 1. The van der Waals surface area contributed by atoms with Crippen molar-refractivity contribution < 1.29 is 14.7 Å². The summed E-state index contributed by atoms with van der Waals surface area (Å²) in [6.07, 6.45) is 1.27. The number of β-amino-alcohol motifs (C(OH)–C–C–N with tert-alkyl or cyclic N) is 1. The van der Waals surface area contributed by atoms with Crippen LogP contribution < -0.4 is 0 Å². The van der Waals surface area contributed by atoms with Crippen molar-refractivity contribution in [2.45, 2.75) is 13.0 Å². The van der Waals surface area contributed by atoms with Gasteiger partial charge in [0, 0.05) is 38.3 Å². The van der Waals surface area contributed by atoms with Crippen molar-refractivity contribution in [2.24, 2.45) is 0 Å². The second-order valence-electron chi connectivity index (χ2n) is 7.13. The van der Waals surface area contributed by atoms with Gasteiger partial charge in [0.25, 0.3) is 5.91 Å². The number of hydrogen-bond acceptors (Lipinski definition) is 5.